The molecule has 0 saturated heterocycles. The fraction of sp³-hybridized carbons (Fsp3) is 0.571. The van der Waals surface area contributed by atoms with E-state index in [0.29, 0.717) is 51.9 Å². The molecule has 0 atom stereocenters. The maximum Gasteiger partial charge on any atom is 0.336 e. The van der Waals surface area contributed by atoms with Gasteiger partial charge in [-0.1, -0.05) is 58.6 Å². The second-order valence-corrected chi connectivity index (χ2v) is 16.1. The van der Waals surface area contributed by atoms with Crippen LogP contribution in [0.1, 0.15) is 77.0 Å². The van der Waals surface area contributed by atoms with Crippen molar-refractivity contribution in [2.45, 2.75) is 96.7 Å². The molecule has 0 radical (unpaired) electrons. The van der Waals surface area contributed by atoms with E-state index in [4.69, 9.17) is 38.9 Å². The van der Waals surface area contributed by atoms with Gasteiger partial charge < -0.3 is 43.0 Å². The predicted molar refractivity (Wildman–Crippen MR) is 259 cm³/mol. The van der Waals surface area contributed by atoms with Crippen LogP contribution < -0.4 is 17.1 Å². The molecule has 402 valence electrons. The van der Waals surface area contributed by atoms with Gasteiger partial charge in [0.2, 0.25) is 6.08 Å². The molecule has 73 heavy (non-hydrogen) atoms. The fourth-order valence-corrected chi connectivity index (χ4v) is 6.21. The van der Waals surface area contributed by atoms with Gasteiger partial charge in [-0.05, 0) is 51.4 Å². The Morgan fingerprint density at radius 3 is 1.10 bits per heavy atom. The zero-order valence-corrected chi connectivity index (χ0v) is 41.4. The Bertz CT molecular complexity index is 2110. The first-order chi connectivity index (χ1) is 35.1. The lowest BCUT2D eigenvalue weighted by Crippen LogP contribution is -2.54. The predicted octanol–water partition coefficient (Wildman–Crippen LogP) is 2.80. The lowest BCUT2D eigenvalue weighted by molar-refractivity contribution is -0.166. The van der Waals surface area contributed by atoms with Crippen LogP contribution in [0.5, 0.6) is 0 Å². The summed E-state index contributed by atoms with van der Waals surface area (Å²) in [7, 11) is 0. The number of unbranched alkanes of at least 4 members (excludes halogenated alkanes) is 9. The molecule has 0 unspecified atom stereocenters. The Kier molecular flexibility index (Phi) is 35.8. The average molecular weight is 1030 g/mol. The lowest BCUT2D eigenvalue weighted by Gasteiger charge is -2.34. The second kappa shape index (κ2) is 40.0. The maximum atomic E-state index is 13.0. The Morgan fingerprint density at radius 1 is 0.493 bits per heavy atom. The molecule has 0 fully saturated rings. The van der Waals surface area contributed by atoms with Crippen LogP contribution >= 0.6 is 0 Å². The van der Waals surface area contributed by atoms with Crippen molar-refractivity contribution in [1.29, 1.82) is 10.5 Å². The number of aliphatic imine (C=N–C) groups is 1. The summed E-state index contributed by atoms with van der Waals surface area (Å²) in [6, 6.07) is 0. The first-order valence-electron chi connectivity index (χ1n) is 23.3. The van der Waals surface area contributed by atoms with E-state index in [2.05, 4.69) is 47.4 Å². The molecule has 0 bridgehead atoms. The smallest absolute Gasteiger partial charge is 0.336 e. The van der Waals surface area contributed by atoms with Crippen LogP contribution in [0.25, 0.3) is 0 Å². The number of isocyanates is 1. The SMILES string of the molecule is C=CC(=O)OCC(CO)(COCC(COC(=O)C=C)(COC(=O)C=C)COC(=O)C=C)COC(=O)C=C.N#COCCCCCCn1c(=O)n(CCCCCCN=C=O)c(=O)n(CCCCCCOC#N)c1=O. The summed E-state index contributed by atoms with van der Waals surface area (Å²) in [5.74, 6) is -4.04. The number of aromatic nitrogens is 3. The number of aliphatic hydroxyl groups is 1. The van der Waals surface area contributed by atoms with Crippen LogP contribution in [0.2, 0.25) is 0 Å². The molecular formula is C49H68N6O18. The van der Waals surface area contributed by atoms with Gasteiger partial charge in [-0.3, -0.25) is 0 Å². The van der Waals surface area contributed by atoms with Crippen molar-refractivity contribution < 1.29 is 71.8 Å². The van der Waals surface area contributed by atoms with E-state index in [9.17, 15) is 48.3 Å². The van der Waals surface area contributed by atoms with Crippen LogP contribution in [0.15, 0.2) is 82.7 Å². The Morgan fingerprint density at radius 2 is 0.795 bits per heavy atom. The van der Waals surface area contributed by atoms with Crippen molar-refractivity contribution in [3.05, 3.63) is 94.7 Å². The highest BCUT2D eigenvalue weighted by molar-refractivity contribution is 5.82. The number of nitriles is 2. The summed E-state index contributed by atoms with van der Waals surface area (Å²) in [5.41, 5.74) is -4.64. The molecule has 0 aliphatic heterocycles. The molecule has 24 nitrogen and oxygen atoms in total. The zero-order valence-electron chi connectivity index (χ0n) is 41.4. The van der Waals surface area contributed by atoms with Crippen molar-refractivity contribution in [2.24, 2.45) is 15.8 Å². The summed E-state index contributed by atoms with van der Waals surface area (Å²) in [6.07, 6.45) is 17.9. The first kappa shape index (κ1) is 65.3. The van der Waals surface area contributed by atoms with Gasteiger partial charge >= 0.3 is 46.9 Å². The van der Waals surface area contributed by atoms with Gasteiger partial charge in [-0.25, -0.2) is 61.8 Å². The number of esters is 5. The van der Waals surface area contributed by atoms with Crippen LogP contribution in [-0.2, 0) is 86.3 Å². The minimum Gasteiger partial charge on any atom is -0.462 e. The summed E-state index contributed by atoms with van der Waals surface area (Å²) in [6.45, 7) is 14.6. The Balaban J connectivity index is 0.00000142. The van der Waals surface area contributed by atoms with Gasteiger partial charge in [0.25, 0.3) is 12.5 Å². The van der Waals surface area contributed by atoms with Crippen molar-refractivity contribution >= 4 is 35.9 Å². The number of rotatable bonds is 41. The lowest BCUT2D eigenvalue weighted by atomic mass is 9.90. The van der Waals surface area contributed by atoms with Gasteiger partial charge in [0.15, 0.2) is 0 Å². The van der Waals surface area contributed by atoms with Crippen LogP contribution in [-0.4, -0.2) is 127 Å². The van der Waals surface area contributed by atoms with Crippen LogP contribution in [0.3, 0.4) is 0 Å². The normalized spacial score (nSPS) is 10.5. The summed E-state index contributed by atoms with van der Waals surface area (Å²) in [5, 5.41) is 26.8. The van der Waals surface area contributed by atoms with Crippen molar-refractivity contribution in [2.75, 3.05) is 72.6 Å². The molecule has 0 aromatic carbocycles. The number of carbonyl (C=O) groups is 5. The molecule has 0 spiro atoms. The highest BCUT2D eigenvalue weighted by atomic mass is 16.6. The molecule has 24 heteroatoms. The van der Waals surface area contributed by atoms with Crippen LogP contribution in [0, 0.1) is 33.9 Å². The van der Waals surface area contributed by atoms with Gasteiger partial charge in [0.05, 0.1) is 37.2 Å². The second-order valence-electron chi connectivity index (χ2n) is 16.1. The van der Waals surface area contributed by atoms with E-state index in [0.717, 1.165) is 89.0 Å². The maximum absolute atomic E-state index is 13.0. The topological polar surface area (TPSA) is 322 Å². The third kappa shape index (κ3) is 28.1. The minimum absolute atomic E-state index is 0.214. The van der Waals surface area contributed by atoms with Crippen molar-refractivity contribution in [3.8, 4) is 12.5 Å². The zero-order chi connectivity index (χ0) is 54.8. The molecule has 1 rings (SSSR count). The third-order valence-corrected chi connectivity index (χ3v) is 10.3. The van der Waals surface area contributed by atoms with E-state index in [1.54, 1.807) is 12.5 Å². The number of aliphatic hydroxyl groups excluding tert-OH is 1. The molecule has 1 N–H and O–H groups in total. The molecular weight excluding hydrogens is 961 g/mol. The highest BCUT2D eigenvalue weighted by Gasteiger charge is 2.39. The van der Waals surface area contributed by atoms with Crippen LogP contribution in [0.4, 0.5) is 0 Å². The number of ether oxygens (including phenoxy) is 8. The standard InChI is InChI=1S/C25H32O12.C24H36N6O6/c1-6-19(27)33-14-24(11-26,15-34-20(28)7-2)12-32-13-25(16-35-21(29)8-3,17-36-22(30)9-4)18-37-23(31)10-5;25-19-35-17-11-5-3-9-15-29-22(32)28(14-8-2-1-7-13-27-21-31)23(33)30(24(29)34)16-10-4-6-12-18-36-20-26/h6-10,26H,1-5,11-18H2;1-18H2. The first-order valence-corrected chi connectivity index (χ1v) is 23.3. The molecule has 0 aliphatic carbocycles. The number of carbonyl (C=O) groups excluding carboxylic acids is 6. The average Bonchev–Trinajstić information content (AvgIpc) is 3.40. The highest BCUT2D eigenvalue weighted by Crippen LogP contribution is 2.25. The molecule has 0 aliphatic rings. The van der Waals surface area contributed by atoms with Crippen molar-refractivity contribution in [1.82, 2.24) is 13.7 Å². The van der Waals surface area contributed by atoms with E-state index in [-0.39, 0.29) is 32.8 Å². The summed E-state index contributed by atoms with van der Waals surface area (Å²) >= 11 is 0. The largest absolute Gasteiger partial charge is 0.462 e. The Labute approximate surface area is 423 Å². The van der Waals surface area contributed by atoms with E-state index >= 15 is 0 Å². The quantitative estimate of drug-likeness (QED) is 0.0187. The van der Waals surface area contributed by atoms with Gasteiger partial charge in [-0.2, -0.15) is 10.5 Å². The molecule has 1 aromatic heterocycles. The molecule has 0 amide bonds. The monoisotopic (exact) mass is 1030 g/mol. The molecule has 1 aromatic rings. The minimum atomic E-state index is -1.44. The summed E-state index contributed by atoms with van der Waals surface area (Å²) < 4.78 is 43.8. The summed E-state index contributed by atoms with van der Waals surface area (Å²) in [4.78, 5) is 111. The fourth-order valence-electron chi connectivity index (χ4n) is 6.21. The van der Waals surface area contributed by atoms with Gasteiger partial charge in [0, 0.05) is 50.0 Å². The number of hydrogen-bond donors (Lipinski definition) is 1. The van der Waals surface area contributed by atoms with E-state index < -0.39 is 97.4 Å². The van der Waals surface area contributed by atoms with Gasteiger partial charge in [0.1, 0.15) is 46.2 Å². The van der Waals surface area contributed by atoms with E-state index in [1.165, 1.54) is 6.08 Å². The molecule has 1 heterocycles. The number of nitrogens with zero attached hydrogens (tertiary/aromatic N) is 6. The third-order valence-electron chi connectivity index (χ3n) is 10.3. The van der Waals surface area contributed by atoms with Crippen molar-refractivity contribution in [3.63, 3.8) is 0 Å². The number of hydrogen-bond acceptors (Lipinski definition) is 21. The van der Waals surface area contributed by atoms with E-state index in [1.807, 2.05) is 0 Å². The van der Waals surface area contributed by atoms with Gasteiger partial charge in [-0.15, -0.1) is 0 Å². The molecule has 0 saturated carbocycles. The Hall–Kier alpha value is -7.66.